The number of amides is 1. The maximum absolute atomic E-state index is 12.0. The molecule has 4 rings (SSSR count). The topological polar surface area (TPSA) is 91.0 Å². The molecule has 0 radical (unpaired) electrons. The molecule has 7 nitrogen and oxygen atoms in total. The molecular weight excluding hydrogens is 336 g/mol. The lowest BCUT2D eigenvalue weighted by molar-refractivity contribution is -0.146. The largest absolute Gasteiger partial charge is 0.490 e. The van der Waals surface area contributed by atoms with Crippen LogP contribution in [0.1, 0.15) is 18.2 Å². The van der Waals surface area contributed by atoms with E-state index in [2.05, 4.69) is 10.1 Å². The van der Waals surface area contributed by atoms with E-state index >= 15 is 0 Å². The fraction of sp³-hybridized carbons (Fsp3) is 0.263. The van der Waals surface area contributed by atoms with Gasteiger partial charge in [0.25, 0.3) is 5.91 Å². The van der Waals surface area contributed by atoms with Crippen LogP contribution in [0, 0.1) is 5.92 Å². The predicted molar refractivity (Wildman–Crippen MR) is 91.7 cm³/mol. The minimum absolute atomic E-state index is 0.0209. The third kappa shape index (κ3) is 3.28. The number of carbonyl (C=O) groups is 2. The van der Waals surface area contributed by atoms with Crippen molar-refractivity contribution in [2.75, 3.05) is 0 Å². The first-order valence-electron chi connectivity index (χ1n) is 8.27. The van der Waals surface area contributed by atoms with Crippen LogP contribution in [-0.4, -0.2) is 29.4 Å². The number of benzene rings is 1. The monoisotopic (exact) mass is 352 g/mol. The van der Waals surface area contributed by atoms with E-state index in [-0.39, 0.29) is 18.6 Å². The van der Waals surface area contributed by atoms with Gasteiger partial charge < -0.3 is 14.0 Å². The number of rotatable bonds is 4. The molecule has 0 N–H and O–H groups in total. The Hall–Kier alpha value is -3.22. The Kier molecular flexibility index (Phi) is 4.12. The average molecular weight is 352 g/mol. The molecular formula is C19H16N2O5. The van der Waals surface area contributed by atoms with E-state index in [9.17, 15) is 9.59 Å². The first-order chi connectivity index (χ1) is 12.6. The van der Waals surface area contributed by atoms with Crippen LogP contribution in [0.3, 0.4) is 0 Å². The summed E-state index contributed by atoms with van der Waals surface area (Å²) in [6.07, 6.45) is 5.05. The summed E-state index contributed by atoms with van der Waals surface area (Å²) in [6.45, 7) is 2.01. The summed E-state index contributed by atoms with van der Waals surface area (Å²) < 4.78 is 16.3. The van der Waals surface area contributed by atoms with Crippen molar-refractivity contribution in [1.29, 1.82) is 0 Å². The van der Waals surface area contributed by atoms with Crippen LogP contribution in [0.2, 0.25) is 0 Å². The zero-order valence-corrected chi connectivity index (χ0v) is 14.0. The van der Waals surface area contributed by atoms with Gasteiger partial charge in [-0.3, -0.25) is 9.59 Å². The van der Waals surface area contributed by atoms with Crippen LogP contribution in [0.25, 0.3) is 11.3 Å². The number of hydrogen-bond donors (Lipinski definition) is 0. The number of dihydropyridines is 1. The molecule has 1 aromatic heterocycles. The molecule has 0 bridgehead atoms. The second kappa shape index (κ2) is 6.59. The third-order valence-electron chi connectivity index (χ3n) is 4.19. The van der Waals surface area contributed by atoms with Gasteiger partial charge in [-0.15, -0.1) is 0 Å². The summed E-state index contributed by atoms with van der Waals surface area (Å²) in [6, 6.07) is 7.63. The molecule has 7 heteroatoms. The molecule has 1 amide bonds. The molecule has 2 aliphatic heterocycles. The van der Waals surface area contributed by atoms with Crippen molar-refractivity contribution in [3.05, 3.63) is 47.7 Å². The second-order valence-corrected chi connectivity index (χ2v) is 6.25. The molecule has 2 aromatic rings. The molecule has 0 aliphatic carbocycles. The van der Waals surface area contributed by atoms with Gasteiger partial charge in [0.05, 0.1) is 0 Å². The molecule has 3 heterocycles. The Bertz CT molecular complexity index is 912. The van der Waals surface area contributed by atoms with Gasteiger partial charge in [0.15, 0.2) is 5.76 Å². The van der Waals surface area contributed by atoms with Crippen molar-refractivity contribution < 1.29 is 23.6 Å². The Balaban J connectivity index is 1.40. The number of esters is 1. The Morgan fingerprint density at radius 2 is 2.23 bits per heavy atom. The molecule has 0 saturated heterocycles. The number of aromatic nitrogens is 1. The summed E-state index contributed by atoms with van der Waals surface area (Å²) >= 11 is 0. The van der Waals surface area contributed by atoms with E-state index in [1.54, 1.807) is 6.07 Å². The smallest absolute Gasteiger partial charge is 0.318 e. The fourth-order valence-electron chi connectivity index (χ4n) is 2.88. The second-order valence-electron chi connectivity index (χ2n) is 6.25. The van der Waals surface area contributed by atoms with Crippen LogP contribution >= 0.6 is 0 Å². The van der Waals surface area contributed by atoms with Crippen LogP contribution < -0.4 is 4.74 Å². The van der Waals surface area contributed by atoms with E-state index in [1.165, 1.54) is 23.9 Å². The van der Waals surface area contributed by atoms with Crippen LogP contribution in [0.5, 0.6) is 5.75 Å². The first-order valence-corrected chi connectivity index (χ1v) is 8.27. The van der Waals surface area contributed by atoms with E-state index in [1.807, 2.05) is 25.1 Å². The van der Waals surface area contributed by atoms with Crippen LogP contribution in [0.15, 0.2) is 45.9 Å². The highest BCUT2D eigenvalue weighted by Gasteiger charge is 2.21. The Morgan fingerprint density at radius 1 is 1.35 bits per heavy atom. The Morgan fingerprint density at radius 3 is 3.04 bits per heavy atom. The molecule has 0 spiro atoms. The van der Waals surface area contributed by atoms with E-state index in [0.717, 1.165) is 17.7 Å². The van der Waals surface area contributed by atoms with Gasteiger partial charge in [-0.1, -0.05) is 23.4 Å². The quantitative estimate of drug-likeness (QED) is 0.785. The average Bonchev–Trinajstić information content (AvgIpc) is 3.25. The summed E-state index contributed by atoms with van der Waals surface area (Å²) in [5.74, 6) is -0.108. The van der Waals surface area contributed by atoms with Gasteiger partial charge in [0.2, 0.25) is 0 Å². The summed E-state index contributed by atoms with van der Waals surface area (Å²) in [7, 11) is 0. The highest BCUT2D eigenvalue weighted by atomic mass is 16.5. The molecule has 26 heavy (non-hydrogen) atoms. The molecule has 1 aromatic carbocycles. The summed E-state index contributed by atoms with van der Waals surface area (Å²) in [4.78, 5) is 26.5. The lowest BCUT2D eigenvalue weighted by Gasteiger charge is -2.08. The number of fused-ring (bicyclic) bond motifs is 1. The molecule has 2 unspecified atom stereocenters. The summed E-state index contributed by atoms with van der Waals surface area (Å²) in [5.41, 5.74) is 2.52. The lowest BCUT2D eigenvalue weighted by atomic mass is 10.1. The van der Waals surface area contributed by atoms with Crippen molar-refractivity contribution >= 4 is 18.1 Å². The maximum atomic E-state index is 12.0. The van der Waals surface area contributed by atoms with E-state index in [0.29, 0.717) is 11.5 Å². The molecule has 132 valence electrons. The SMILES string of the molecule is CC1Cc2ccc(-c3cc(COC(=O)C4C=CC(=O)N=C4)no3)cc2O1. The third-order valence-corrected chi connectivity index (χ3v) is 4.19. The number of aliphatic imine (C=N–C) groups is 1. The normalized spacial score (nSPS) is 20.7. The highest BCUT2D eigenvalue weighted by molar-refractivity contribution is 6.03. The zero-order chi connectivity index (χ0) is 18.1. The van der Waals surface area contributed by atoms with Gasteiger partial charge in [0.1, 0.15) is 30.1 Å². The number of nitrogens with zero attached hydrogens (tertiary/aromatic N) is 2. The fourth-order valence-corrected chi connectivity index (χ4v) is 2.88. The molecule has 0 fully saturated rings. The predicted octanol–water partition coefficient (Wildman–Crippen LogP) is 2.49. The van der Waals surface area contributed by atoms with Crippen molar-refractivity contribution in [2.45, 2.75) is 26.1 Å². The van der Waals surface area contributed by atoms with Gasteiger partial charge in [0, 0.05) is 30.3 Å². The molecule has 0 saturated carbocycles. The minimum Gasteiger partial charge on any atom is -0.490 e. The van der Waals surface area contributed by atoms with Gasteiger partial charge in [-0.25, -0.2) is 4.99 Å². The van der Waals surface area contributed by atoms with Gasteiger partial charge in [-0.05, 0) is 18.6 Å². The van der Waals surface area contributed by atoms with Crippen molar-refractivity contribution in [3.63, 3.8) is 0 Å². The van der Waals surface area contributed by atoms with E-state index < -0.39 is 11.9 Å². The van der Waals surface area contributed by atoms with Crippen molar-refractivity contribution in [3.8, 4) is 17.1 Å². The maximum Gasteiger partial charge on any atom is 0.318 e. The zero-order valence-electron chi connectivity index (χ0n) is 14.0. The standard InChI is InChI=1S/C19H16N2O5/c1-11-6-12-2-3-13(7-16(12)25-11)17-8-15(21-26-17)10-24-19(23)14-4-5-18(22)20-9-14/h2-5,7-9,11,14H,6,10H2,1H3. The number of hydrogen-bond acceptors (Lipinski definition) is 6. The first kappa shape index (κ1) is 16.3. The van der Waals surface area contributed by atoms with Crippen molar-refractivity contribution in [1.82, 2.24) is 5.16 Å². The molecule has 2 atom stereocenters. The summed E-state index contributed by atoms with van der Waals surface area (Å²) in [5, 5.41) is 3.93. The van der Waals surface area contributed by atoms with Crippen molar-refractivity contribution in [2.24, 2.45) is 10.9 Å². The highest BCUT2D eigenvalue weighted by Crippen LogP contribution is 2.33. The van der Waals surface area contributed by atoms with Crippen LogP contribution in [0.4, 0.5) is 0 Å². The van der Waals surface area contributed by atoms with Gasteiger partial charge >= 0.3 is 5.97 Å². The van der Waals surface area contributed by atoms with Gasteiger partial charge in [-0.2, -0.15) is 0 Å². The molecule has 2 aliphatic rings. The van der Waals surface area contributed by atoms with Crippen LogP contribution in [-0.2, 0) is 27.4 Å². The number of carbonyl (C=O) groups excluding carboxylic acids is 2. The Labute approximate surface area is 149 Å². The minimum atomic E-state index is -0.657. The number of ether oxygens (including phenoxy) is 2. The van der Waals surface area contributed by atoms with E-state index in [4.69, 9.17) is 14.0 Å². The lowest BCUT2D eigenvalue weighted by Crippen LogP contribution is -2.19.